The maximum absolute atomic E-state index is 5.78. The van der Waals surface area contributed by atoms with Crippen molar-refractivity contribution in [2.24, 2.45) is 7.05 Å². The minimum Gasteiger partial charge on any atom is -0.376 e. The number of rotatable bonds is 6. The van der Waals surface area contributed by atoms with Crippen LogP contribution in [0.4, 0.5) is 0 Å². The molecule has 2 atom stereocenters. The maximum Gasteiger partial charge on any atom is 0.0962 e. The van der Waals surface area contributed by atoms with Crippen molar-refractivity contribution < 1.29 is 9.47 Å². The SMILES string of the molecule is CCNC(CCc1ccnn1C)C1COCCO1. The molecule has 18 heavy (non-hydrogen) atoms. The third kappa shape index (κ3) is 3.54. The monoisotopic (exact) mass is 253 g/mol. The van der Waals surface area contributed by atoms with Gasteiger partial charge in [0.05, 0.1) is 25.9 Å². The Morgan fingerprint density at radius 3 is 3.06 bits per heavy atom. The first kappa shape index (κ1) is 13.5. The first-order chi connectivity index (χ1) is 8.81. The van der Waals surface area contributed by atoms with Gasteiger partial charge in [0.15, 0.2) is 0 Å². The number of likely N-dealkylation sites (N-methyl/N-ethyl adjacent to an activating group) is 1. The van der Waals surface area contributed by atoms with Gasteiger partial charge in [0.25, 0.3) is 0 Å². The summed E-state index contributed by atoms with van der Waals surface area (Å²) in [6, 6.07) is 2.42. The van der Waals surface area contributed by atoms with Crippen molar-refractivity contribution in [1.29, 1.82) is 0 Å². The standard InChI is InChI=1S/C13H23N3O2/c1-3-14-12(13-10-17-8-9-18-13)5-4-11-6-7-15-16(11)2/h6-7,12-14H,3-5,8-10H2,1-2H3. The fraction of sp³-hybridized carbons (Fsp3) is 0.769. The Hall–Kier alpha value is -0.910. The topological polar surface area (TPSA) is 48.3 Å². The van der Waals surface area contributed by atoms with E-state index >= 15 is 0 Å². The zero-order chi connectivity index (χ0) is 12.8. The highest BCUT2D eigenvalue weighted by Crippen LogP contribution is 2.12. The maximum atomic E-state index is 5.78. The van der Waals surface area contributed by atoms with Crippen molar-refractivity contribution in [2.45, 2.75) is 31.9 Å². The summed E-state index contributed by atoms with van der Waals surface area (Å²) in [6.07, 6.45) is 4.07. The predicted octanol–water partition coefficient (Wildman–Crippen LogP) is 0.746. The highest BCUT2D eigenvalue weighted by atomic mass is 16.6. The lowest BCUT2D eigenvalue weighted by atomic mass is 10.0. The molecule has 0 aliphatic carbocycles. The van der Waals surface area contributed by atoms with E-state index in [1.165, 1.54) is 5.69 Å². The molecule has 1 aliphatic heterocycles. The van der Waals surface area contributed by atoms with Crippen molar-refractivity contribution in [2.75, 3.05) is 26.4 Å². The summed E-state index contributed by atoms with van der Waals surface area (Å²) in [7, 11) is 1.98. The quantitative estimate of drug-likeness (QED) is 0.812. The van der Waals surface area contributed by atoms with E-state index in [2.05, 4.69) is 23.4 Å². The molecule has 1 aromatic rings. The third-order valence-electron chi connectivity index (χ3n) is 3.39. The number of nitrogens with one attached hydrogen (secondary N) is 1. The lowest BCUT2D eigenvalue weighted by Gasteiger charge is -2.31. The van der Waals surface area contributed by atoms with Crippen molar-refractivity contribution in [3.8, 4) is 0 Å². The summed E-state index contributed by atoms with van der Waals surface area (Å²) in [6.45, 7) is 5.20. The summed E-state index contributed by atoms with van der Waals surface area (Å²) in [5, 5.41) is 7.69. The molecule has 0 amide bonds. The summed E-state index contributed by atoms with van der Waals surface area (Å²) >= 11 is 0. The Balaban J connectivity index is 1.87. The van der Waals surface area contributed by atoms with Gasteiger partial charge in [-0.1, -0.05) is 6.92 Å². The van der Waals surface area contributed by atoms with Crippen LogP contribution >= 0.6 is 0 Å². The Labute approximate surface area is 108 Å². The number of aryl methyl sites for hydroxylation is 2. The molecule has 1 saturated heterocycles. The third-order valence-corrected chi connectivity index (χ3v) is 3.39. The Bertz CT molecular complexity index is 348. The second-order valence-corrected chi connectivity index (χ2v) is 4.63. The molecular weight excluding hydrogens is 230 g/mol. The highest BCUT2D eigenvalue weighted by molar-refractivity contribution is 5.00. The van der Waals surface area contributed by atoms with E-state index in [9.17, 15) is 0 Å². The average Bonchev–Trinajstić information content (AvgIpc) is 2.81. The number of ether oxygens (including phenoxy) is 2. The second kappa shape index (κ2) is 6.87. The number of aromatic nitrogens is 2. The Kier molecular flexibility index (Phi) is 5.16. The van der Waals surface area contributed by atoms with E-state index in [0.29, 0.717) is 19.3 Å². The van der Waals surface area contributed by atoms with Gasteiger partial charge in [-0.25, -0.2) is 0 Å². The zero-order valence-electron chi connectivity index (χ0n) is 11.3. The lowest BCUT2D eigenvalue weighted by molar-refractivity contribution is -0.102. The molecule has 102 valence electrons. The smallest absolute Gasteiger partial charge is 0.0962 e. The molecule has 5 heteroatoms. The molecule has 0 bridgehead atoms. The van der Waals surface area contributed by atoms with Crippen LogP contribution < -0.4 is 5.32 Å². The summed E-state index contributed by atoms with van der Waals surface area (Å²) in [5.74, 6) is 0. The van der Waals surface area contributed by atoms with E-state index in [1.807, 2.05) is 17.9 Å². The van der Waals surface area contributed by atoms with Crippen LogP contribution in [0.3, 0.4) is 0 Å². The molecule has 1 N–H and O–H groups in total. The van der Waals surface area contributed by atoms with Gasteiger partial charge in [-0.05, 0) is 25.5 Å². The Morgan fingerprint density at radius 1 is 1.56 bits per heavy atom. The van der Waals surface area contributed by atoms with Gasteiger partial charge in [-0.15, -0.1) is 0 Å². The molecule has 5 nitrogen and oxygen atoms in total. The molecule has 2 rings (SSSR count). The number of hydrogen-bond donors (Lipinski definition) is 1. The van der Waals surface area contributed by atoms with Crippen LogP contribution in [0.25, 0.3) is 0 Å². The second-order valence-electron chi connectivity index (χ2n) is 4.63. The van der Waals surface area contributed by atoms with E-state index in [0.717, 1.165) is 26.0 Å². The fourth-order valence-electron chi connectivity index (χ4n) is 2.37. The molecule has 0 spiro atoms. The largest absolute Gasteiger partial charge is 0.376 e. The van der Waals surface area contributed by atoms with Gasteiger partial charge in [0, 0.05) is 25.0 Å². The van der Waals surface area contributed by atoms with Gasteiger partial charge in [0.1, 0.15) is 0 Å². The lowest BCUT2D eigenvalue weighted by Crippen LogP contribution is -2.46. The zero-order valence-corrected chi connectivity index (χ0v) is 11.3. The first-order valence-electron chi connectivity index (χ1n) is 6.71. The van der Waals surface area contributed by atoms with Gasteiger partial charge in [0.2, 0.25) is 0 Å². The first-order valence-corrected chi connectivity index (χ1v) is 6.71. The van der Waals surface area contributed by atoms with Gasteiger partial charge in [-0.3, -0.25) is 4.68 Å². The molecule has 1 aliphatic rings. The predicted molar refractivity (Wildman–Crippen MR) is 69.6 cm³/mol. The molecule has 2 heterocycles. The number of hydrogen-bond acceptors (Lipinski definition) is 4. The van der Waals surface area contributed by atoms with Crippen LogP contribution in [-0.2, 0) is 22.9 Å². The van der Waals surface area contributed by atoms with Gasteiger partial charge >= 0.3 is 0 Å². The van der Waals surface area contributed by atoms with E-state index in [4.69, 9.17) is 9.47 Å². The molecule has 1 aromatic heterocycles. The summed E-state index contributed by atoms with van der Waals surface area (Å²) in [4.78, 5) is 0. The van der Waals surface area contributed by atoms with E-state index in [1.54, 1.807) is 0 Å². The highest BCUT2D eigenvalue weighted by Gasteiger charge is 2.24. The molecular formula is C13H23N3O2. The molecule has 0 aromatic carbocycles. The van der Waals surface area contributed by atoms with Crippen molar-refractivity contribution >= 4 is 0 Å². The summed E-state index contributed by atoms with van der Waals surface area (Å²) in [5.41, 5.74) is 1.26. The van der Waals surface area contributed by atoms with Crippen LogP contribution in [0, 0.1) is 0 Å². The normalized spacial score (nSPS) is 22.0. The van der Waals surface area contributed by atoms with Crippen LogP contribution in [0.15, 0.2) is 12.3 Å². The van der Waals surface area contributed by atoms with Crippen LogP contribution in [0.2, 0.25) is 0 Å². The van der Waals surface area contributed by atoms with E-state index in [-0.39, 0.29) is 6.10 Å². The van der Waals surface area contributed by atoms with Gasteiger partial charge < -0.3 is 14.8 Å². The minimum atomic E-state index is 0.173. The molecule has 1 fully saturated rings. The van der Waals surface area contributed by atoms with Crippen molar-refractivity contribution in [3.63, 3.8) is 0 Å². The van der Waals surface area contributed by atoms with Crippen molar-refractivity contribution in [3.05, 3.63) is 18.0 Å². The van der Waals surface area contributed by atoms with Crippen LogP contribution in [0.1, 0.15) is 19.0 Å². The van der Waals surface area contributed by atoms with E-state index < -0.39 is 0 Å². The Morgan fingerprint density at radius 2 is 2.44 bits per heavy atom. The van der Waals surface area contributed by atoms with Crippen LogP contribution in [-0.4, -0.2) is 48.3 Å². The van der Waals surface area contributed by atoms with Crippen molar-refractivity contribution in [1.82, 2.24) is 15.1 Å². The van der Waals surface area contributed by atoms with Gasteiger partial charge in [-0.2, -0.15) is 5.10 Å². The molecule has 2 unspecified atom stereocenters. The number of nitrogens with zero attached hydrogens (tertiary/aromatic N) is 2. The molecule has 0 radical (unpaired) electrons. The molecule has 0 saturated carbocycles. The fourth-order valence-corrected chi connectivity index (χ4v) is 2.37. The summed E-state index contributed by atoms with van der Waals surface area (Å²) < 4.78 is 13.2. The van der Waals surface area contributed by atoms with Crippen LogP contribution in [0.5, 0.6) is 0 Å². The average molecular weight is 253 g/mol. The minimum absolute atomic E-state index is 0.173.